The lowest BCUT2D eigenvalue weighted by Gasteiger charge is -2.07. The fraction of sp³-hybridized carbons (Fsp3) is 0.136. The summed E-state index contributed by atoms with van der Waals surface area (Å²) < 4.78 is 8.81. The number of ether oxygens (including phenoxy) is 1. The van der Waals surface area contributed by atoms with E-state index in [-0.39, 0.29) is 18.2 Å². The first-order chi connectivity index (χ1) is 15.4. The van der Waals surface area contributed by atoms with Gasteiger partial charge < -0.3 is 10.1 Å². The number of halogens is 3. The number of rotatable bonds is 7. The summed E-state index contributed by atoms with van der Waals surface area (Å²) in [5.41, 5.74) is 2.01. The molecule has 32 heavy (non-hydrogen) atoms. The van der Waals surface area contributed by atoms with Gasteiger partial charge in [-0.05, 0) is 48.4 Å². The van der Waals surface area contributed by atoms with E-state index in [1.54, 1.807) is 41.3 Å². The molecule has 2 heterocycles. The Hall–Kier alpha value is -3.00. The largest absolute Gasteiger partial charge is 0.471 e. The topological polar surface area (TPSA) is 74.0 Å². The van der Waals surface area contributed by atoms with Crippen LogP contribution in [-0.4, -0.2) is 25.5 Å². The van der Waals surface area contributed by atoms with Crippen molar-refractivity contribution in [2.24, 2.45) is 0 Å². The Morgan fingerprint density at radius 1 is 1.00 bits per heavy atom. The third kappa shape index (κ3) is 5.24. The smallest absolute Gasteiger partial charge is 0.277 e. The molecule has 164 valence electrons. The van der Waals surface area contributed by atoms with Gasteiger partial charge in [-0.1, -0.05) is 53.0 Å². The Morgan fingerprint density at radius 3 is 2.59 bits per heavy atom. The molecule has 4 rings (SSSR count). The van der Waals surface area contributed by atoms with Crippen LogP contribution in [-0.2, 0) is 13.3 Å². The summed E-state index contributed by atoms with van der Waals surface area (Å²) in [4.78, 5) is 12.6. The predicted molar refractivity (Wildman–Crippen MR) is 125 cm³/mol. The van der Waals surface area contributed by atoms with Crippen LogP contribution in [0.25, 0.3) is 0 Å². The van der Waals surface area contributed by atoms with Gasteiger partial charge in [0.25, 0.3) is 5.91 Å². The van der Waals surface area contributed by atoms with Crippen LogP contribution < -0.4 is 10.1 Å². The van der Waals surface area contributed by atoms with Gasteiger partial charge in [-0.25, -0.2) is 4.68 Å². The number of hydrogen-bond donors (Lipinski definition) is 1. The Bertz CT molecular complexity index is 1270. The number of nitrogens with zero attached hydrogens (tertiary/aromatic N) is 4. The maximum Gasteiger partial charge on any atom is 0.277 e. The third-order valence-electron chi connectivity index (χ3n) is 4.61. The monoisotopic (exact) mass is 489 g/mol. The average molecular weight is 491 g/mol. The summed E-state index contributed by atoms with van der Waals surface area (Å²) in [6.45, 7) is 2.46. The molecular weight excluding hydrogens is 473 g/mol. The average Bonchev–Trinajstić information content (AvgIpc) is 3.37. The molecule has 0 atom stereocenters. The van der Waals surface area contributed by atoms with Crippen molar-refractivity contribution in [1.29, 1.82) is 0 Å². The van der Waals surface area contributed by atoms with Gasteiger partial charge >= 0.3 is 0 Å². The normalized spacial score (nSPS) is 10.9. The molecule has 4 aromatic rings. The predicted octanol–water partition coefficient (Wildman–Crippen LogP) is 5.69. The van der Waals surface area contributed by atoms with E-state index in [9.17, 15) is 4.79 Å². The third-order valence-corrected chi connectivity index (χ3v) is 5.67. The van der Waals surface area contributed by atoms with Crippen molar-refractivity contribution in [1.82, 2.24) is 19.6 Å². The van der Waals surface area contributed by atoms with Crippen molar-refractivity contribution in [2.75, 3.05) is 5.32 Å². The van der Waals surface area contributed by atoms with Gasteiger partial charge in [0, 0.05) is 22.4 Å². The summed E-state index contributed by atoms with van der Waals surface area (Å²) in [5.74, 6) is 0.464. The van der Waals surface area contributed by atoms with Crippen LogP contribution >= 0.6 is 34.8 Å². The summed E-state index contributed by atoms with van der Waals surface area (Å²) in [7, 11) is 0. The van der Waals surface area contributed by atoms with Crippen molar-refractivity contribution < 1.29 is 9.53 Å². The number of amides is 1. The Balaban J connectivity index is 1.38. The number of carbonyl (C=O) groups is 1. The van der Waals surface area contributed by atoms with E-state index in [0.29, 0.717) is 27.4 Å². The fourth-order valence-corrected chi connectivity index (χ4v) is 3.45. The maximum absolute atomic E-state index is 12.6. The molecule has 0 bridgehead atoms. The molecule has 0 aliphatic carbocycles. The van der Waals surface area contributed by atoms with Gasteiger partial charge in [-0.15, -0.1) is 0 Å². The van der Waals surface area contributed by atoms with E-state index in [4.69, 9.17) is 39.5 Å². The minimum Gasteiger partial charge on any atom is -0.471 e. The molecular formula is C22H18Cl3N5O2. The number of nitrogens with one attached hydrogen (secondary N) is 1. The maximum atomic E-state index is 12.6. The first kappa shape index (κ1) is 22.2. The van der Waals surface area contributed by atoms with Crippen molar-refractivity contribution in [3.63, 3.8) is 0 Å². The molecule has 2 aromatic heterocycles. The lowest BCUT2D eigenvalue weighted by molar-refractivity contribution is 0.101. The number of benzene rings is 2. The number of carbonyl (C=O) groups excluding carboxylic acids is 1. The van der Waals surface area contributed by atoms with E-state index in [1.807, 2.05) is 31.2 Å². The van der Waals surface area contributed by atoms with E-state index < -0.39 is 5.91 Å². The molecule has 0 radical (unpaired) electrons. The highest BCUT2D eigenvalue weighted by atomic mass is 35.5. The van der Waals surface area contributed by atoms with Crippen LogP contribution in [0.5, 0.6) is 5.75 Å². The molecule has 1 N–H and O–H groups in total. The van der Waals surface area contributed by atoms with E-state index in [1.165, 1.54) is 4.68 Å². The summed E-state index contributed by atoms with van der Waals surface area (Å²) in [5, 5.41) is 12.9. The number of aryl methyl sites for hydroxylation is 1. The van der Waals surface area contributed by atoms with Crippen molar-refractivity contribution in [3.8, 4) is 5.75 Å². The molecule has 0 fully saturated rings. The zero-order valence-corrected chi connectivity index (χ0v) is 19.2. The summed E-state index contributed by atoms with van der Waals surface area (Å²) in [6, 6.07) is 14.4. The van der Waals surface area contributed by atoms with Gasteiger partial charge in [0.2, 0.25) is 0 Å². The standard InChI is InChI=1S/C22H18Cl3N5O2/c1-14-10-16(6-7-17(14)23)32-13-29-9-8-20(27-29)22(31)26-21-19(25)12-30(28-21)11-15-4-2-3-5-18(15)24/h2-10,12H,11,13H2,1H3,(H,26,28,31). The molecule has 0 saturated carbocycles. The zero-order valence-electron chi connectivity index (χ0n) is 16.9. The van der Waals surface area contributed by atoms with Gasteiger partial charge in [0.15, 0.2) is 18.2 Å². The number of aromatic nitrogens is 4. The minimum absolute atomic E-state index is 0.140. The fourth-order valence-electron chi connectivity index (χ4n) is 2.94. The first-order valence-electron chi connectivity index (χ1n) is 9.59. The molecule has 7 nitrogen and oxygen atoms in total. The lowest BCUT2D eigenvalue weighted by Crippen LogP contribution is -2.15. The van der Waals surface area contributed by atoms with Crippen molar-refractivity contribution in [2.45, 2.75) is 20.2 Å². The Morgan fingerprint density at radius 2 is 1.81 bits per heavy atom. The molecule has 0 aliphatic heterocycles. The van der Waals surface area contributed by atoms with Gasteiger partial charge in [-0.2, -0.15) is 10.2 Å². The second kappa shape index (κ2) is 9.65. The highest BCUT2D eigenvalue weighted by molar-refractivity contribution is 6.33. The zero-order chi connectivity index (χ0) is 22.7. The van der Waals surface area contributed by atoms with Gasteiger partial charge in [0.05, 0.1) is 6.54 Å². The van der Waals surface area contributed by atoms with Gasteiger partial charge in [-0.3, -0.25) is 9.48 Å². The quantitative estimate of drug-likeness (QED) is 0.361. The van der Waals surface area contributed by atoms with Crippen molar-refractivity contribution in [3.05, 3.63) is 92.8 Å². The first-order valence-corrected chi connectivity index (χ1v) is 10.7. The number of hydrogen-bond acceptors (Lipinski definition) is 4. The molecule has 10 heteroatoms. The van der Waals surface area contributed by atoms with Crippen LogP contribution in [0.15, 0.2) is 60.9 Å². The minimum atomic E-state index is -0.434. The second-order valence-electron chi connectivity index (χ2n) is 6.99. The highest BCUT2D eigenvalue weighted by Crippen LogP contribution is 2.23. The summed E-state index contributed by atoms with van der Waals surface area (Å²) in [6.07, 6.45) is 3.27. The van der Waals surface area contributed by atoms with Crippen LogP contribution in [0.2, 0.25) is 15.1 Å². The SMILES string of the molecule is Cc1cc(OCn2ccc(C(=O)Nc3nn(Cc4ccccc4Cl)cc3Cl)n2)ccc1Cl. The molecule has 2 aromatic carbocycles. The number of anilines is 1. The Kier molecular flexibility index (Phi) is 6.69. The molecule has 0 unspecified atom stereocenters. The molecule has 0 saturated heterocycles. The molecule has 0 spiro atoms. The lowest BCUT2D eigenvalue weighted by atomic mass is 10.2. The van der Waals surface area contributed by atoms with Crippen molar-refractivity contribution >= 4 is 46.5 Å². The van der Waals surface area contributed by atoms with Crippen LogP contribution in [0.3, 0.4) is 0 Å². The van der Waals surface area contributed by atoms with E-state index in [2.05, 4.69) is 15.5 Å². The van der Waals surface area contributed by atoms with Crippen LogP contribution in [0, 0.1) is 6.92 Å². The second-order valence-corrected chi connectivity index (χ2v) is 8.22. The Labute approximate surface area is 199 Å². The molecule has 0 aliphatic rings. The van der Waals surface area contributed by atoms with E-state index in [0.717, 1.165) is 11.1 Å². The van der Waals surface area contributed by atoms with Crippen LogP contribution in [0.4, 0.5) is 5.82 Å². The highest BCUT2D eigenvalue weighted by Gasteiger charge is 2.15. The molecule has 1 amide bonds. The van der Waals surface area contributed by atoms with Gasteiger partial charge in [0.1, 0.15) is 10.8 Å². The summed E-state index contributed by atoms with van der Waals surface area (Å²) >= 11 is 18.5. The van der Waals surface area contributed by atoms with E-state index >= 15 is 0 Å². The van der Waals surface area contributed by atoms with Crippen LogP contribution in [0.1, 0.15) is 21.6 Å².